The molecule has 106 valence electrons. The number of pyridine rings is 2. The van der Waals surface area contributed by atoms with E-state index in [1.54, 1.807) is 12.4 Å². The molecule has 0 aliphatic carbocycles. The molecule has 0 aromatic carbocycles. The van der Waals surface area contributed by atoms with Gasteiger partial charge in [0.1, 0.15) is 5.75 Å². The highest BCUT2D eigenvalue weighted by atomic mass is 16.5. The van der Waals surface area contributed by atoms with Crippen LogP contribution in [0, 0.1) is 0 Å². The number of hydrogen-bond acceptors (Lipinski definition) is 4. The van der Waals surface area contributed by atoms with Gasteiger partial charge in [-0.15, -0.1) is 0 Å². The zero-order valence-corrected chi connectivity index (χ0v) is 12.1. The number of nitrogens with zero attached hydrogens (tertiary/aromatic N) is 2. The summed E-state index contributed by atoms with van der Waals surface area (Å²) in [5.41, 5.74) is 2.24. The van der Waals surface area contributed by atoms with Crippen molar-refractivity contribution in [3.63, 3.8) is 0 Å². The summed E-state index contributed by atoms with van der Waals surface area (Å²) in [6, 6.07) is 7.83. The minimum atomic E-state index is 0.630. The number of ether oxygens (including phenoxy) is 1. The summed E-state index contributed by atoms with van der Waals surface area (Å²) in [5, 5.41) is 3.40. The van der Waals surface area contributed by atoms with Gasteiger partial charge in [-0.25, -0.2) is 4.98 Å². The van der Waals surface area contributed by atoms with Crippen molar-refractivity contribution < 1.29 is 4.74 Å². The van der Waals surface area contributed by atoms with Crippen LogP contribution >= 0.6 is 0 Å². The molecule has 4 heteroatoms. The minimum absolute atomic E-state index is 0.630. The first kappa shape index (κ1) is 14.5. The molecule has 0 atom stereocenters. The van der Waals surface area contributed by atoms with Crippen molar-refractivity contribution in [3.05, 3.63) is 47.9 Å². The Morgan fingerprint density at radius 3 is 2.85 bits per heavy atom. The molecule has 1 N–H and O–H groups in total. The lowest BCUT2D eigenvalue weighted by atomic mass is 10.2. The van der Waals surface area contributed by atoms with Gasteiger partial charge in [0.05, 0.1) is 6.20 Å². The summed E-state index contributed by atoms with van der Waals surface area (Å²) in [6.07, 6.45) is 5.44. The molecule has 2 aromatic heterocycles. The molecule has 2 heterocycles. The molecule has 0 bridgehead atoms. The van der Waals surface area contributed by atoms with E-state index in [0.29, 0.717) is 11.6 Å². The fourth-order valence-corrected chi connectivity index (χ4v) is 1.89. The van der Waals surface area contributed by atoms with Crippen LogP contribution in [0.15, 0.2) is 36.7 Å². The van der Waals surface area contributed by atoms with Crippen molar-refractivity contribution in [3.8, 4) is 11.6 Å². The number of nitrogens with one attached hydrogen (secondary N) is 1. The Morgan fingerprint density at radius 2 is 2.15 bits per heavy atom. The van der Waals surface area contributed by atoms with E-state index in [4.69, 9.17) is 4.74 Å². The third-order valence-electron chi connectivity index (χ3n) is 2.89. The highest BCUT2D eigenvalue weighted by molar-refractivity contribution is 5.29. The molecule has 0 amide bonds. The van der Waals surface area contributed by atoms with Crippen LogP contribution in [0.1, 0.15) is 31.5 Å². The van der Waals surface area contributed by atoms with Crippen molar-refractivity contribution in [2.24, 2.45) is 0 Å². The van der Waals surface area contributed by atoms with Gasteiger partial charge in [-0.1, -0.05) is 13.8 Å². The average molecular weight is 271 g/mol. The second kappa shape index (κ2) is 7.60. The first-order valence-corrected chi connectivity index (χ1v) is 7.10. The zero-order valence-electron chi connectivity index (χ0n) is 12.1. The lowest BCUT2D eigenvalue weighted by Crippen LogP contribution is -2.14. The second-order valence-corrected chi connectivity index (χ2v) is 4.63. The summed E-state index contributed by atoms with van der Waals surface area (Å²) in [5.74, 6) is 1.34. The van der Waals surface area contributed by atoms with Gasteiger partial charge in [-0.3, -0.25) is 4.98 Å². The molecule has 2 aromatic rings. The van der Waals surface area contributed by atoms with Crippen LogP contribution in [0.3, 0.4) is 0 Å². The topological polar surface area (TPSA) is 47.0 Å². The molecule has 4 nitrogen and oxygen atoms in total. The Kier molecular flexibility index (Phi) is 5.50. The van der Waals surface area contributed by atoms with Gasteiger partial charge in [0.15, 0.2) is 0 Å². The van der Waals surface area contributed by atoms with Crippen LogP contribution in [-0.4, -0.2) is 16.5 Å². The maximum Gasteiger partial charge on any atom is 0.219 e. The maximum atomic E-state index is 5.77. The molecular formula is C16H21N3O. The van der Waals surface area contributed by atoms with E-state index < -0.39 is 0 Å². The molecule has 0 aliphatic heterocycles. The average Bonchev–Trinajstić information content (AvgIpc) is 2.48. The first-order chi connectivity index (χ1) is 9.81. The molecule has 0 saturated heterocycles. The smallest absolute Gasteiger partial charge is 0.219 e. The predicted molar refractivity (Wildman–Crippen MR) is 79.9 cm³/mol. The fraction of sp³-hybridized carbons (Fsp3) is 0.375. The molecule has 0 radical (unpaired) electrons. The minimum Gasteiger partial charge on any atom is -0.437 e. The van der Waals surface area contributed by atoms with Crippen LogP contribution in [0.2, 0.25) is 0 Å². The van der Waals surface area contributed by atoms with Crippen molar-refractivity contribution in [2.75, 3.05) is 6.54 Å². The molecule has 0 unspecified atom stereocenters. The fourth-order valence-electron chi connectivity index (χ4n) is 1.89. The van der Waals surface area contributed by atoms with Gasteiger partial charge < -0.3 is 10.1 Å². The van der Waals surface area contributed by atoms with Gasteiger partial charge >= 0.3 is 0 Å². The van der Waals surface area contributed by atoms with Gasteiger partial charge in [0.2, 0.25) is 5.88 Å². The lowest BCUT2D eigenvalue weighted by Gasteiger charge is -2.09. The lowest BCUT2D eigenvalue weighted by molar-refractivity contribution is 0.457. The molecule has 0 saturated carbocycles. The van der Waals surface area contributed by atoms with E-state index in [1.165, 1.54) is 5.56 Å². The van der Waals surface area contributed by atoms with Crippen molar-refractivity contribution in [2.45, 2.75) is 33.2 Å². The molecule has 20 heavy (non-hydrogen) atoms. The molecule has 2 rings (SSSR count). The quantitative estimate of drug-likeness (QED) is 0.785. The van der Waals surface area contributed by atoms with E-state index >= 15 is 0 Å². The Bertz CT molecular complexity index is 529. The van der Waals surface area contributed by atoms with Crippen molar-refractivity contribution in [1.82, 2.24) is 15.3 Å². The van der Waals surface area contributed by atoms with E-state index in [9.17, 15) is 0 Å². The van der Waals surface area contributed by atoms with Crippen LogP contribution in [-0.2, 0) is 13.0 Å². The molecule has 0 aliphatic rings. The summed E-state index contributed by atoms with van der Waals surface area (Å²) in [6.45, 7) is 6.11. The van der Waals surface area contributed by atoms with Crippen LogP contribution in [0.5, 0.6) is 11.6 Å². The third-order valence-corrected chi connectivity index (χ3v) is 2.89. The van der Waals surface area contributed by atoms with Crippen LogP contribution in [0.4, 0.5) is 0 Å². The predicted octanol–water partition coefficient (Wildman–Crippen LogP) is 3.33. The molecule has 0 fully saturated rings. The van der Waals surface area contributed by atoms with Crippen LogP contribution < -0.4 is 10.1 Å². The van der Waals surface area contributed by atoms with E-state index in [-0.39, 0.29) is 0 Å². The second-order valence-electron chi connectivity index (χ2n) is 4.63. The van der Waals surface area contributed by atoms with E-state index in [2.05, 4.69) is 35.2 Å². The number of aryl methyl sites for hydroxylation is 1. The van der Waals surface area contributed by atoms with Crippen LogP contribution in [0.25, 0.3) is 0 Å². The van der Waals surface area contributed by atoms with Gasteiger partial charge in [-0.05, 0) is 43.1 Å². The van der Waals surface area contributed by atoms with E-state index in [0.717, 1.165) is 31.6 Å². The normalized spacial score (nSPS) is 10.5. The summed E-state index contributed by atoms with van der Waals surface area (Å²) >= 11 is 0. The standard InChI is InChI=1S/C16H21N3O/c1-3-7-17-11-13-9-14(4-2)19-16(10-13)20-15-6-5-8-18-12-15/h5-6,8-10,12,17H,3-4,7,11H2,1-2H3. The SMILES string of the molecule is CCCNCc1cc(CC)nc(Oc2cccnc2)c1. The summed E-state index contributed by atoms with van der Waals surface area (Å²) in [7, 11) is 0. The van der Waals surface area contributed by atoms with Crippen molar-refractivity contribution >= 4 is 0 Å². The molecular weight excluding hydrogens is 250 g/mol. The Labute approximate surface area is 120 Å². The third kappa shape index (κ3) is 4.31. The van der Waals surface area contributed by atoms with E-state index in [1.807, 2.05) is 18.2 Å². The van der Waals surface area contributed by atoms with Gasteiger partial charge in [-0.2, -0.15) is 0 Å². The zero-order chi connectivity index (χ0) is 14.2. The Morgan fingerprint density at radius 1 is 1.25 bits per heavy atom. The number of aromatic nitrogens is 2. The largest absolute Gasteiger partial charge is 0.437 e. The molecule has 0 spiro atoms. The number of hydrogen-bond donors (Lipinski definition) is 1. The van der Waals surface area contributed by atoms with Gasteiger partial charge in [0, 0.05) is 24.5 Å². The first-order valence-electron chi connectivity index (χ1n) is 7.10. The summed E-state index contributed by atoms with van der Waals surface area (Å²) < 4.78 is 5.77. The summed E-state index contributed by atoms with van der Waals surface area (Å²) in [4.78, 5) is 8.54. The highest BCUT2D eigenvalue weighted by Crippen LogP contribution is 2.20. The monoisotopic (exact) mass is 271 g/mol. The highest BCUT2D eigenvalue weighted by Gasteiger charge is 2.04. The Hall–Kier alpha value is -1.94. The van der Waals surface area contributed by atoms with Crippen molar-refractivity contribution in [1.29, 1.82) is 0 Å². The maximum absolute atomic E-state index is 5.77. The Balaban J connectivity index is 2.13. The number of rotatable bonds is 7. The van der Waals surface area contributed by atoms with Gasteiger partial charge in [0.25, 0.3) is 0 Å².